The summed E-state index contributed by atoms with van der Waals surface area (Å²) >= 11 is 1.65. The van der Waals surface area contributed by atoms with E-state index < -0.39 is 0 Å². The number of aryl methyl sites for hydroxylation is 1. The zero-order valence-electron chi connectivity index (χ0n) is 11.3. The van der Waals surface area contributed by atoms with E-state index in [9.17, 15) is 4.79 Å². The fourth-order valence-electron chi connectivity index (χ4n) is 1.90. The Bertz CT molecular complexity index is 602. The van der Waals surface area contributed by atoms with Gasteiger partial charge >= 0.3 is 0 Å². The number of nitrogens with one attached hydrogen (secondary N) is 2. The summed E-state index contributed by atoms with van der Waals surface area (Å²) in [5.74, 6) is 0.0228. The second kappa shape index (κ2) is 5.63. The summed E-state index contributed by atoms with van der Waals surface area (Å²) in [5.41, 5.74) is 2.77. The molecule has 5 heteroatoms. The average molecular weight is 287 g/mol. The number of aromatic nitrogens is 1. The molecule has 0 aliphatic heterocycles. The molecule has 3 rings (SSSR count). The molecular formula is C15H17N3OS. The fraction of sp³-hybridized carbons (Fsp3) is 0.333. The summed E-state index contributed by atoms with van der Waals surface area (Å²) in [4.78, 5) is 16.3. The van der Waals surface area contributed by atoms with Crippen molar-refractivity contribution in [2.45, 2.75) is 32.4 Å². The van der Waals surface area contributed by atoms with Crippen LogP contribution in [0.5, 0.6) is 0 Å². The molecule has 4 nitrogen and oxygen atoms in total. The molecule has 1 heterocycles. The molecule has 1 aromatic heterocycles. The second-order valence-electron chi connectivity index (χ2n) is 5.06. The van der Waals surface area contributed by atoms with E-state index in [1.165, 1.54) is 0 Å². The molecule has 1 fully saturated rings. The minimum absolute atomic E-state index is 0.0228. The van der Waals surface area contributed by atoms with Crippen LogP contribution in [-0.4, -0.2) is 16.9 Å². The van der Waals surface area contributed by atoms with E-state index in [0.717, 1.165) is 29.2 Å². The molecule has 0 bridgehead atoms. The number of amides is 1. The number of rotatable bonds is 5. The van der Waals surface area contributed by atoms with Gasteiger partial charge in [0.15, 0.2) is 0 Å². The highest BCUT2D eigenvalue weighted by Gasteiger charge is 2.23. The van der Waals surface area contributed by atoms with Gasteiger partial charge in [0.2, 0.25) is 0 Å². The molecule has 0 saturated heterocycles. The van der Waals surface area contributed by atoms with Gasteiger partial charge in [-0.3, -0.25) is 4.79 Å². The molecule has 2 aromatic rings. The van der Waals surface area contributed by atoms with Crippen LogP contribution in [0, 0.1) is 6.92 Å². The quantitative estimate of drug-likeness (QED) is 0.889. The van der Waals surface area contributed by atoms with E-state index >= 15 is 0 Å². The van der Waals surface area contributed by atoms with E-state index in [2.05, 4.69) is 15.6 Å². The third-order valence-electron chi connectivity index (χ3n) is 3.17. The summed E-state index contributed by atoms with van der Waals surface area (Å²) < 4.78 is 0. The number of carbonyl (C=O) groups is 1. The third kappa shape index (κ3) is 3.36. The number of thiazole rings is 1. The Kier molecular flexibility index (Phi) is 3.69. The summed E-state index contributed by atoms with van der Waals surface area (Å²) in [6.45, 7) is 2.71. The maximum Gasteiger partial charge on any atom is 0.251 e. The lowest BCUT2D eigenvalue weighted by Gasteiger charge is -2.06. The number of hydrogen-bond donors (Lipinski definition) is 2. The molecule has 1 saturated carbocycles. The first-order chi connectivity index (χ1) is 9.70. The number of carbonyl (C=O) groups excluding carboxylic acids is 1. The van der Waals surface area contributed by atoms with Crippen molar-refractivity contribution in [2.24, 2.45) is 0 Å². The monoisotopic (exact) mass is 287 g/mol. The van der Waals surface area contributed by atoms with E-state index in [-0.39, 0.29) is 5.91 Å². The highest BCUT2D eigenvalue weighted by atomic mass is 32.1. The molecule has 0 spiro atoms. The first kappa shape index (κ1) is 13.1. The van der Waals surface area contributed by atoms with Crippen molar-refractivity contribution in [1.29, 1.82) is 0 Å². The maximum atomic E-state index is 11.8. The van der Waals surface area contributed by atoms with E-state index in [0.29, 0.717) is 18.2 Å². The van der Waals surface area contributed by atoms with Gasteiger partial charge in [-0.1, -0.05) is 0 Å². The van der Waals surface area contributed by atoms with Gasteiger partial charge in [-0.05, 0) is 44.0 Å². The van der Waals surface area contributed by atoms with Gasteiger partial charge in [-0.25, -0.2) is 4.98 Å². The van der Waals surface area contributed by atoms with Crippen molar-refractivity contribution in [3.8, 4) is 0 Å². The molecule has 1 aromatic carbocycles. The van der Waals surface area contributed by atoms with Crippen LogP contribution in [0.1, 0.15) is 33.9 Å². The molecule has 2 N–H and O–H groups in total. The standard InChI is InChI=1S/C15H17N3OS/c1-10-9-20-14(17-10)8-16-12-4-2-11(3-5-12)15(19)18-13-6-7-13/h2-5,9,13,16H,6-8H2,1H3,(H,18,19). The predicted molar refractivity (Wildman–Crippen MR) is 81.1 cm³/mol. The zero-order valence-corrected chi connectivity index (χ0v) is 12.2. The van der Waals surface area contributed by atoms with Crippen molar-refractivity contribution in [2.75, 3.05) is 5.32 Å². The lowest BCUT2D eigenvalue weighted by atomic mass is 10.2. The first-order valence-corrected chi connectivity index (χ1v) is 7.64. The summed E-state index contributed by atoms with van der Waals surface area (Å²) in [5, 5.41) is 9.40. The van der Waals surface area contributed by atoms with Gasteiger partial charge < -0.3 is 10.6 Å². The SMILES string of the molecule is Cc1csc(CNc2ccc(C(=O)NC3CC3)cc2)n1. The Morgan fingerprint density at radius 2 is 2.10 bits per heavy atom. The number of anilines is 1. The summed E-state index contributed by atoms with van der Waals surface area (Å²) in [7, 11) is 0. The number of benzene rings is 1. The van der Waals surface area contributed by atoms with Crippen molar-refractivity contribution < 1.29 is 4.79 Å². The zero-order chi connectivity index (χ0) is 13.9. The molecule has 1 amide bonds. The Balaban J connectivity index is 1.56. The molecule has 20 heavy (non-hydrogen) atoms. The van der Waals surface area contributed by atoms with Gasteiger partial charge in [-0.15, -0.1) is 11.3 Å². The van der Waals surface area contributed by atoms with Crippen LogP contribution in [0.15, 0.2) is 29.6 Å². The van der Waals surface area contributed by atoms with Crippen LogP contribution in [0.3, 0.4) is 0 Å². The highest BCUT2D eigenvalue weighted by Crippen LogP contribution is 2.20. The molecule has 0 atom stereocenters. The largest absolute Gasteiger partial charge is 0.379 e. The third-order valence-corrected chi connectivity index (χ3v) is 4.14. The smallest absolute Gasteiger partial charge is 0.251 e. The van der Waals surface area contributed by atoms with Crippen LogP contribution in [0.25, 0.3) is 0 Å². The van der Waals surface area contributed by atoms with Crippen molar-refractivity contribution in [1.82, 2.24) is 10.3 Å². The van der Waals surface area contributed by atoms with Crippen LogP contribution < -0.4 is 10.6 Å². The lowest BCUT2D eigenvalue weighted by Crippen LogP contribution is -2.25. The van der Waals surface area contributed by atoms with Crippen LogP contribution in [0.4, 0.5) is 5.69 Å². The Morgan fingerprint density at radius 1 is 1.35 bits per heavy atom. The first-order valence-electron chi connectivity index (χ1n) is 6.76. The maximum absolute atomic E-state index is 11.8. The molecule has 1 aliphatic carbocycles. The van der Waals surface area contributed by atoms with Gasteiger partial charge in [-0.2, -0.15) is 0 Å². The van der Waals surface area contributed by atoms with E-state index in [1.807, 2.05) is 36.6 Å². The van der Waals surface area contributed by atoms with E-state index in [4.69, 9.17) is 0 Å². The van der Waals surface area contributed by atoms with Crippen LogP contribution >= 0.6 is 11.3 Å². The molecule has 104 valence electrons. The van der Waals surface area contributed by atoms with Crippen LogP contribution in [-0.2, 0) is 6.54 Å². The minimum atomic E-state index is 0.0228. The summed E-state index contributed by atoms with van der Waals surface area (Å²) in [6.07, 6.45) is 2.22. The van der Waals surface area contributed by atoms with Gasteiger partial charge in [0, 0.05) is 28.4 Å². The predicted octanol–water partition coefficient (Wildman–Crippen LogP) is 2.96. The molecule has 1 aliphatic rings. The van der Waals surface area contributed by atoms with Crippen LogP contribution in [0.2, 0.25) is 0 Å². The van der Waals surface area contributed by atoms with Crippen molar-refractivity contribution >= 4 is 22.9 Å². The average Bonchev–Trinajstić information content (AvgIpc) is 3.17. The highest BCUT2D eigenvalue weighted by molar-refractivity contribution is 7.09. The van der Waals surface area contributed by atoms with Crippen molar-refractivity contribution in [3.63, 3.8) is 0 Å². The normalized spacial score (nSPS) is 14.1. The Hall–Kier alpha value is -1.88. The molecule has 0 unspecified atom stereocenters. The van der Waals surface area contributed by atoms with Crippen molar-refractivity contribution in [3.05, 3.63) is 45.9 Å². The van der Waals surface area contributed by atoms with Gasteiger partial charge in [0.25, 0.3) is 5.91 Å². The second-order valence-corrected chi connectivity index (χ2v) is 6.00. The topological polar surface area (TPSA) is 54.0 Å². The number of hydrogen-bond acceptors (Lipinski definition) is 4. The fourth-order valence-corrected chi connectivity index (χ4v) is 2.61. The van der Waals surface area contributed by atoms with E-state index in [1.54, 1.807) is 11.3 Å². The van der Waals surface area contributed by atoms with Gasteiger partial charge in [0.05, 0.1) is 6.54 Å². The Labute approximate surface area is 122 Å². The molecular weight excluding hydrogens is 270 g/mol. The Morgan fingerprint density at radius 3 is 2.70 bits per heavy atom. The molecule has 0 radical (unpaired) electrons. The van der Waals surface area contributed by atoms with Gasteiger partial charge in [0.1, 0.15) is 5.01 Å². The summed E-state index contributed by atoms with van der Waals surface area (Å²) in [6, 6.07) is 7.97. The minimum Gasteiger partial charge on any atom is -0.379 e. The number of nitrogens with zero attached hydrogens (tertiary/aromatic N) is 1. The lowest BCUT2D eigenvalue weighted by molar-refractivity contribution is 0.0951.